The number of nitrogens with one attached hydrogen (secondary N) is 1. The predicted molar refractivity (Wildman–Crippen MR) is 59.7 cm³/mol. The lowest BCUT2D eigenvalue weighted by Gasteiger charge is -2.25. The molecule has 1 aliphatic heterocycles. The Morgan fingerprint density at radius 3 is 2.44 bits per heavy atom. The van der Waals surface area contributed by atoms with Crippen molar-refractivity contribution in [3.8, 4) is 0 Å². The fraction of sp³-hybridized carbons (Fsp3) is 0.500. The summed E-state index contributed by atoms with van der Waals surface area (Å²) in [5.41, 5.74) is -0.391. The number of nitrogens with zero attached hydrogens (tertiary/aromatic N) is 1. The van der Waals surface area contributed by atoms with Crippen molar-refractivity contribution in [2.45, 2.75) is 24.3 Å². The number of piperidine rings is 1. The highest BCUT2D eigenvalue weighted by molar-refractivity contribution is 7.89. The van der Waals surface area contributed by atoms with Crippen LogP contribution in [-0.2, 0) is 10.0 Å². The van der Waals surface area contributed by atoms with Crippen molar-refractivity contribution in [3.63, 3.8) is 0 Å². The van der Waals surface area contributed by atoms with Gasteiger partial charge in [-0.25, -0.2) is 8.42 Å². The van der Waals surface area contributed by atoms with Crippen LogP contribution in [0.1, 0.15) is 19.3 Å². The minimum Gasteiger partial charge on any atom is -0.312 e. The van der Waals surface area contributed by atoms with Crippen LogP contribution in [-0.4, -0.2) is 30.8 Å². The summed E-state index contributed by atoms with van der Waals surface area (Å²) in [5, 5.41) is -0.0121. The predicted octanol–water partition coefficient (Wildman–Crippen LogP) is 0.550. The quantitative estimate of drug-likeness (QED) is 0.823. The third-order valence-electron chi connectivity index (χ3n) is 2.67. The maximum atomic E-state index is 12.1. The molecule has 0 amide bonds. The summed E-state index contributed by atoms with van der Waals surface area (Å²) in [7, 11) is -3.51. The van der Waals surface area contributed by atoms with E-state index in [2.05, 4.69) is 4.98 Å². The SMILES string of the molecule is O=c1cccc(S(=O)(=O)N2CCCCC2)[nH]1. The van der Waals surface area contributed by atoms with Crippen LogP contribution in [0.25, 0.3) is 0 Å². The van der Waals surface area contributed by atoms with Gasteiger partial charge in [-0.1, -0.05) is 12.5 Å². The summed E-state index contributed by atoms with van der Waals surface area (Å²) in [6.07, 6.45) is 2.84. The molecule has 0 radical (unpaired) electrons. The van der Waals surface area contributed by atoms with Crippen LogP contribution < -0.4 is 5.56 Å². The molecule has 1 aromatic heterocycles. The molecule has 2 heterocycles. The van der Waals surface area contributed by atoms with E-state index in [1.807, 2.05) is 0 Å². The van der Waals surface area contributed by atoms with Gasteiger partial charge in [-0.3, -0.25) is 4.79 Å². The van der Waals surface area contributed by atoms with E-state index >= 15 is 0 Å². The topological polar surface area (TPSA) is 70.2 Å². The van der Waals surface area contributed by atoms with Gasteiger partial charge in [0.2, 0.25) is 5.56 Å². The van der Waals surface area contributed by atoms with E-state index in [-0.39, 0.29) is 5.03 Å². The Morgan fingerprint density at radius 1 is 1.12 bits per heavy atom. The molecule has 2 rings (SSSR count). The first-order chi connectivity index (χ1) is 7.60. The van der Waals surface area contributed by atoms with E-state index in [1.54, 1.807) is 0 Å². The second kappa shape index (κ2) is 4.39. The number of rotatable bonds is 2. The molecular weight excluding hydrogens is 228 g/mol. The summed E-state index contributed by atoms with van der Waals surface area (Å²) in [6, 6.07) is 4.18. The highest BCUT2D eigenvalue weighted by atomic mass is 32.2. The van der Waals surface area contributed by atoms with E-state index < -0.39 is 15.6 Å². The van der Waals surface area contributed by atoms with Crippen LogP contribution in [0, 0.1) is 0 Å². The summed E-state index contributed by atoms with van der Waals surface area (Å²) < 4.78 is 25.6. The van der Waals surface area contributed by atoms with Crippen molar-refractivity contribution in [1.82, 2.24) is 9.29 Å². The minimum atomic E-state index is -3.51. The first-order valence-electron chi connectivity index (χ1n) is 5.30. The fourth-order valence-electron chi connectivity index (χ4n) is 1.82. The summed E-state index contributed by atoms with van der Waals surface area (Å²) in [5.74, 6) is 0. The van der Waals surface area contributed by atoms with Gasteiger partial charge in [-0.15, -0.1) is 0 Å². The normalized spacial score (nSPS) is 18.5. The van der Waals surface area contributed by atoms with Crippen molar-refractivity contribution in [2.24, 2.45) is 0 Å². The van der Waals surface area contributed by atoms with Gasteiger partial charge in [0.25, 0.3) is 10.0 Å². The molecule has 1 aromatic rings. The summed E-state index contributed by atoms with van der Waals surface area (Å²) in [6.45, 7) is 1.08. The lowest BCUT2D eigenvalue weighted by atomic mass is 10.2. The molecule has 0 saturated carbocycles. The molecule has 0 atom stereocenters. The highest BCUT2D eigenvalue weighted by Crippen LogP contribution is 2.17. The molecule has 1 N–H and O–H groups in total. The van der Waals surface area contributed by atoms with E-state index in [0.29, 0.717) is 13.1 Å². The highest BCUT2D eigenvalue weighted by Gasteiger charge is 2.26. The van der Waals surface area contributed by atoms with Gasteiger partial charge in [0.15, 0.2) is 5.03 Å². The van der Waals surface area contributed by atoms with Gasteiger partial charge >= 0.3 is 0 Å². The van der Waals surface area contributed by atoms with Crippen LogP contribution >= 0.6 is 0 Å². The first kappa shape index (κ1) is 11.3. The molecule has 5 nitrogen and oxygen atoms in total. The fourth-order valence-corrected chi connectivity index (χ4v) is 3.32. The van der Waals surface area contributed by atoms with Crippen LogP contribution in [0.5, 0.6) is 0 Å². The second-order valence-electron chi connectivity index (χ2n) is 3.84. The van der Waals surface area contributed by atoms with Gasteiger partial charge in [-0.05, 0) is 18.9 Å². The largest absolute Gasteiger partial charge is 0.312 e. The van der Waals surface area contributed by atoms with E-state index in [1.165, 1.54) is 22.5 Å². The summed E-state index contributed by atoms with van der Waals surface area (Å²) >= 11 is 0. The smallest absolute Gasteiger partial charge is 0.258 e. The van der Waals surface area contributed by atoms with Gasteiger partial charge in [0.1, 0.15) is 0 Å². The van der Waals surface area contributed by atoms with Crippen molar-refractivity contribution in [3.05, 3.63) is 28.6 Å². The number of sulfonamides is 1. The Hall–Kier alpha value is -1.14. The van der Waals surface area contributed by atoms with Crippen LogP contribution in [0.4, 0.5) is 0 Å². The van der Waals surface area contributed by atoms with Crippen molar-refractivity contribution in [1.29, 1.82) is 0 Å². The van der Waals surface area contributed by atoms with Gasteiger partial charge in [-0.2, -0.15) is 4.31 Å². The number of hydrogen-bond acceptors (Lipinski definition) is 3. The van der Waals surface area contributed by atoms with Crippen LogP contribution in [0.2, 0.25) is 0 Å². The Morgan fingerprint density at radius 2 is 1.81 bits per heavy atom. The minimum absolute atomic E-state index is 0.0121. The molecule has 0 spiro atoms. The van der Waals surface area contributed by atoms with E-state index in [0.717, 1.165) is 19.3 Å². The molecule has 0 bridgehead atoms. The molecule has 1 aliphatic rings. The monoisotopic (exact) mass is 242 g/mol. The number of aromatic amines is 1. The van der Waals surface area contributed by atoms with E-state index in [9.17, 15) is 13.2 Å². The van der Waals surface area contributed by atoms with Gasteiger partial charge in [0.05, 0.1) is 0 Å². The lowest BCUT2D eigenvalue weighted by molar-refractivity contribution is 0.345. The number of pyridine rings is 1. The molecule has 0 aliphatic carbocycles. The maximum Gasteiger partial charge on any atom is 0.258 e. The average molecular weight is 242 g/mol. The molecule has 1 saturated heterocycles. The number of hydrogen-bond donors (Lipinski definition) is 1. The zero-order valence-corrected chi connectivity index (χ0v) is 9.66. The third-order valence-corrected chi connectivity index (χ3v) is 4.51. The lowest BCUT2D eigenvalue weighted by Crippen LogP contribution is -2.36. The van der Waals surface area contributed by atoms with E-state index in [4.69, 9.17) is 0 Å². The second-order valence-corrected chi connectivity index (χ2v) is 5.75. The molecule has 88 valence electrons. The molecule has 0 aromatic carbocycles. The summed E-state index contributed by atoms with van der Waals surface area (Å²) in [4.78, 5) is 13.4. The van der Waals surface area contributed by atoms with Crippen molar-refractivity contribution >= 4 is 10.0 Å². The zero-order valence-electron chi connectivity index (χ0n) is 8.85. The van der Waals surface area contributed by atoms with Crippen LogP contribution in [0.15, 0.2) is 28.0 Å². The van der Waals surface area contributed by atoms with Crippen molar-refractivity contribution in [2.75, 3.05) is 13.1 Å². The molecule has 0 unspecified atom stereocenters. The molecular formula is C10H14N2O3S. The Bertz CT molecular complexity index is 515. The molecule has 16 heavy (non-hydrogen) atoms. The standard InChI is InChI=1S/C10H14N2O3S/c13-9-5-4-6-10(11-9)16(14,15)12-7-2-1-3-8-12/h4-6H,1-3,7-8H2,(H,11,13). The third kappa shape index (κ3) is 2.17. The van der Waals surface area contributed by atoms with Crippen LogP contribution in [0.3, 0.4) is 0 Å². The molecule has 6 heteroatoms. The van der Waals surface area contributed by atoms with Gasteiger partial charge in [0, 0.05) is 19.2 Å². The number of aromatic nitrogens is 1. The first-order valence-corrected chi connectivity index (χ1v) is 6.74. The zero-order chi connectivity index (χ0) is 11.6. The molecule has 1 fully saturated rings. The Kier molecular flexibility index (Phi) is 3.11. The number of H-pyrrole nitrogens is 1. The Balaban J connectivity index is 2.34. The maximum absolute atomic E-state index is 12.1. The van der Waals surface area contributed by atoms with Gasteiger partial charge < -0.3 is 4.98 Å². The Labute approximate surface area is 94.2 Å². The average Bonchev–Trinajstić information content (AvgIpc) is 2.30. The van der Waals surface area contributed by atoms with Crippen molar-refractivity contribution < 1.29 is 8.42 Å².